The first kappa shape index (κ1) is 23.9. The fraction of sp³-hybridized carbons (Fsp3) is 0.773. The minimum absolute atomic E-state index is 0.0201. The average Bonchev–Trinajstić information content (AvgIpc) is 2.62. The number of carbonyl (C=O) groups is 1. The van der Waals surface area contributed by atoms with E-state index in [0.29, 0.717) is 13.0 Å². The highest BCUT2D eigenvalue weighted by Gasteiger charge is 1.99. The van der Waals surface area contributed by atoms with Crippen molar-refractivity contribution in [2.75, 3.05) is 13.2 Å². The van der Waals surface area contributed by atoms with Crippen molar-refractivity contribution < 1.29 is 9.90 Å². The molecule has 0 atom stereocenters. The second-order valence-corrected chi connectivity index (χ2v) is 6.76. The van der Waals surface area contributed by atoms with Gasteiger partial charge in [0.15, 0.2) is 0 Å². The maximum Gasteiger partial charge on any atom is 0.220 e. The van der Waals surface area contributed by atoms with Gasteiger partial charge in [0, 0.05) is 13.0 Å². The molecule has 3 nitrogen and oxygen atoms in total. The smallest absolute Gasteiger partial charge is 0.220 e. The normalized spacial score (nSPS) is 11.6. The fourth-order valence-corrected chi connectivity index (χ4v) is 2.73. The van der Waals surface area contributed by atoms with Crippen LogP contribution in [0.15, 0.2) is 24.3 Å². The number of hydrogen-bond donors (Lipinski definition) is 2. The molecule has 0 aromatic rings. The van der Waals surface area contributed by atoms with E-state index in [9.17, 15) is 4.79 Å². The summed E-state index contributed by atoms with van der Waals surface area (Å²) in [6.45, 7) is 2.65. The van der Waals surface area contributed by atoms with Crippen molar-refractivity contribution in [3.63, 3.8) is 0 Å². The maximum atomic E-state index is 11.3. The van der Waals surface area contributed by atoms with E-state index in [1.54, 1.807) is 0 Å². The van der Waals surface area contributed by atoms with Crippen LogP contribution < -0.4 is 5.32 Å². The first-order chi connectivity index (χ1) is 12.3. The summed E-state index contributed by atoms with van der Waals surface area (Å²) in [7, 11) is 0. The van der Waals surface area contributed by atoms with Gasteiger partial charge in [-0.25, -0.2) is 0 Å². The van der Waals surface area contributed by atoms with Gasteiger partial charge in [0.25, 0.3) is 0 Å². The summed E-state index contributed by atoms with van der Waals surface area (Å²) in [6.07, 6.45) is 25.8. The van der Waals surface area contributed by atoms with Crippen molar-refractivity contribution in [3.8, 4) is 0 Å². The molecule has 146 valence electrons. The molecule has 0 saturated carbocycles. The average molecular weight is 352 g/mol. The first-order valence-electron chi connectivity index (χ1n) is 10.5. The van der Waals surface area contributed by atoms with Crippen LogP contribution in [0.5, 0.6) is 0 Å². The zero-order chi connectivity index (χ0) is 18.4. The van der Waals surface area contributed by atoms with Crippen LogP contribution in [-0.4, -0.2) is 24.2 Å². The van der Waals surface area contributed by atoms with E-state index in [-0.39, 0.29) is 12.5 Å². The van der Waals surface area contributed by atoms with E-state index in [4.69, 9.17) is 5.11 Å². The number of unbranched alkanes of at least 4 members (excludes halogenated alkanes) is 10. The molecule has 0 heterocycles. The number of aliphatic hydroxyl groups is 1. The highest BCUT2D eigenvalue weighted by atomic mass is 16.3. The molecule has 0 aliphatic heterocycles. The molecule has 2 N–H and O–H groups in total. The lowest BCUT2D eigenvalue weighted by molar-refractivity contribution is -0.121. The lowest BCUT2D eigenvalue weighted by Crippen LogP contribution is -2.25. The second kappa shape index (κ2) is 21.0. The van der Waals surface area contributed by atoms with E-state index in [0.717, 1.165) is 25.7 Å². The standard InChI is InChI=1S/C22H41NO2/c1-2-3-4-5-6-7-8-9-10-11-12-13-14-15-16-17-18-19-22(25)23-20-21-24/h9-10,12-13,24H,2-8,11,14-21H2,1H3,(H,23,25). The van der Waals surface area contributed by atoms with Gasteiger partial charge in [0.05, 0.1) is 6.61 Å². The summed E-state index contributed by atoms with van der Waals surface area (Å²) in [5.41, 5.74) is 0. The van der Waals surface area contributed by atoms with Crippen molar-refractivity contribution in [2.24, 2.45) is 0 Å². The Morgan fingerprint density at radius 2 is 1.36 bits per heavy atom. The van der Waals surface area contributed by atoms with Crippen LogP contribution in [0.3, 0.4) is 0 Å². The molecule has 0 rings (SSSR count). The topological polar surface area (TPSA) is 49.3 Å². The van der Waals surface area contributed by atoms with Crippen LogP contribution in [0.4, 0.5) is 0 Å². The lowest BCUT2D eigenvalue weighted by Gasteiger charge is -2.02. The van der Waals surface area contributed by atoms with Crippen molar-refractivity contribution in [3.05, 3.63) is 24.3 Å². The Morgan fingerprint density at radius 1 is 0.800 bits per heavy atom. The third-order valence-corrected chi connectivity index (χ3v) is 4.29. The van der Waals surface area contributed by atoms with Gasteiger partial charge < -0.3 is 10.4 Å². The Morgan fingerprint density at radius 3 is 1.96 bits per heavy atom. The molecular weight excluding hydrogens is 310 g/mol. The summed E-state index contributed by atoms with van der Waals surface area (Å²) in [5, 5.41) is 11.3. The minimum atomic E-state index is 0.0201. The highest BCUT2D eigenvalue weighted by molar-refractivity contribution is 5.75. The molecule has 0 fully saturated rings. The van der Waals surface area contributed by atoms with Crippen molar-refractivity contribution >= 4 is 5.91 Å². The molecule has 0 aliphatic rings. The predicted molar refractivity (Wildman–Crippen MR) is 109 cm³/mol. The number of aliphatic hydroxyl groups excluding tert-OH is 1. The Bertz CT molecular complexity index is 337. The van der Waals surface area contributed by atoms with Gasteiger partial charge in [-0.05, 0) is 38.5 Å². The molecule has 25 heavy (non-hydrogen) atoms. The van der Waals surface area contributed by atoms with E-state index >= 15 is 0 Å². The van der Waals surface area contributed by atoms with E-state index in [2.05, 4.69) is 36.5 Å². The van der Waals surface area contributed by atoms with Gasteiger partial charge >= 0.3 is 0 Å². The SMILES string of the molecule is CCCCCCCCC=CCC=CCCCCCCC(=O)NCCO. The number of nitrogens with one attached hydrogen (secondary N) is 1. The van der Waals surface area contributed by atoms with Gasteiger partial charge in [-0.3, -0.25) is 4.79 Å². The predicted octanol–water partition coefficient (Wildman–Crippen LogP) is 5.69. The van der Waals surface area contributed by atoms with Gasteiger partial charge in [-0.15, -0.1) is 0 Å². The summed E-state index contributed by atoms with van der Waals surface area (Å²) in [4.78, 5) is 11.3. The third-order valence-electron chi connectivity index (χ3n) is 4.29. The zero-order valence-electron chi connectivity index (χ0n) is 16.5. The van der Waals surface area contributed by atoms with E-state index < -0.39 is 0 Å². The third kappa shape index (κ3) is 20.9. The number of carbonyl (C=O) groups excluding carboxylic acids is 1. The van der Waals surface area contributed by atoms with Crippen molar-refractivity contribution in [1.82, 2.24) is 5.32 Å². The molecule has 1 amide bonds. The minimum Gasteiger partial charge on any atom is -0.395 e. The summed E-state index contributed by atoms with van der Waals surface area (Å²) < 4.78 is 0. The van der Waals surface area contributed by atoms with Crippen molar-refractivity contribution in [1.29, 1.82) is 0 Å². The molecule has 0 aromatic heterocycles. The number of rotatable bonds is 18. The van der Waals surface area contributed by atoms with Crippen LogP contribution in [0.2, 0.25) is 0 Å². The molecule has 3 heteroatoms. The molecule has 0 unspecified atom stereocenters. The Balaban J connectivity index is 3.24. The van der Waals surface area contributed by atoms with Gasteiger partial charge in [0.1, 0.15) is 0 Å². The van der Waals surface area contributed by atoms with E-state index in [1.165, 1.54) is 57.8 Å². The fourth-order valence-electron chi connectivity index (χ4n) is 2.73. The molecule has 0 aliphatic carbocycles. The molecule has 0 aromatic carbocycles. The van der Waals surface area contributed by atoms with Gasteiger partial charge in [-0.1, -0.05) is 76.2 Å². The number of hydrogen-bond acceptors (Lipinski definition) is 2. The summed E-state index contributed by atoms with van der Waals surface area (Å²) >= 11 is 0. The molecule has 0 radical (unpaired) electrons. The first-order valence-corrected chi connectivity index (χ1v) is 10.5. The quantitative estimate of drug-likeness (QED) is 0.246. The Labute approximate surface area is 156 Å². The molecular formula is C22H41NO2. The maximum absolute atomic E-state index is 11.3. The van der Waals surface area contributed by atoms with Crippen LogP contribution in [0.1, 0.15) is 96.8 Å². The van der Waals surface area contributed by atoms with Crippen LogP contribution in [0.25, 0.3) is 0 Å². The second-order valence-electron chi connectivity index (χ2n) is 6.76. The van der Waals surface area contributed by atoms with Crippen LogP contribution in [-0.2, 0) is 4.79 Å². The Kier molecular flexibility index (Phi) is 20.0. The van der Waals surface area contributed by atoms with E-state index in [1.807, 2.05) is 0 Å². The molecule has 0 saturated heterocycles. The van der Waals surface area contributed by atoms with Crippen LogP contribution in [0, 0.1) is 0 Å². The Hall–Kier alpha value is -1.09. The highest BCUT2D eigenvalue weighted by Crippen LogP contribution is 2.08. The van der Waals surface area contributed by atoms with Crippen LogP contribution >= 0.6 is 0 Å². The monoisotopic (exact) mass is 351 g/mol. The number of amides is 1. The zero-order valence-corrected chi connectivity index (χ0v) is 16.5. The largest absolute Gasteiger partial charge is 0.395 e. The van der Waals surface area contributed by atoms with Gasteiger partial charge in [0.2, 0.25) is 5.91 Å². The molecule has 0 bridgehead atoms. The summed E-state index contributed by atoms with van der Waals surface area (Å²) in [5.74, 6) is 0.0571. The van der Waals surface area contributed by atoms with Gasteiger partial charge in [-0.2, -0.15) is 0 Å². The van der Waals surface area contributed by atoms with Crippen molar-refractivity contribution in [2.45, 2.75) is 96.8 Å². The molecule has 0 spiro atoms. The number of allylic oxidation sites excluding steroid dienone is 4. The lowest BCUT2D eigenvalue weighted by atomic mass is 10.1. The summed E-state index contributed by atoms with van der Waals surface area (Å²) in [6, 6.07) is 0.